The smallest absolute Gasteiger partial charge is 0.331 e. The highest BCUT2D eigenvalue weighted by Crippen LogP contribution is 2.17. The highest BCUT2D eigenvalue weighted by Gasteiger charge is 2.25. The third-order valence-electron chi connectivity index (χ3n) is 2.73. The molecule has 0 saturated heterocycles. The Morgan fingerprint density at radius 3 is 2.48 bits per heavy atom. The summed E-state index contributed by atoms with van der Waals surface area (Å²) in [7, 11) is 0. The Morgan fingerprint density at radius 2 is 1.96 bits per heavy atom. The van der Waals surface area contributed by atoms with Gasteiger partial charge in [-0.05, 0) is 33.3 Å². The molecule has 1 rings (SSSR count). The van der Waals surface area contributed by atoms with Gasteiger partial charge >= 0.3 is 5.97 Å². The van der Waals surface area contributed by atoms with Gasteiger partial charge in [0.15, 0.2) is 11.2 Å². The topological polar surface area (TPSA) is 64.7 Å². The van der Waals surface area contributed by atoms with Crippen LogP contribution in [0.2, 0.25) is 0 Å². The van der Waals surface area contributed by atoms with Crippen LogP contribution < -0.4 is 5.73 Å². The van der Waals surface area contributed by atoms with E-state index in [1.54, 1.807) is 0 Å². The van der Waals surface area contributed by atoms with Crippen LogP contribution in [0.1, 0.15) is 39.7 Å². The maximum atomic E-state index is 12.3. The molecule has 2 N–H and O–H groups in total. The molecule has 1 unspecified atom stereocenters. The molecular weight excluding hydrogens is 308 g/mol. The van der Waals surface area contributed by atoms with E-state index in [0.717, 1.165) is 11.1 Å². The molecule has 126 valence electrons. The monoisotopic (exact) mass is 334 g/mol. The van der Waals surface area contributed by atoms with Gasteiger partial charge in [-0.15, -0.1) is 6.58 Å². The molecule has 0 amide bonds. The predicted molar refractivity (Wildman–Crippen MR) is 98.4 cm³/mol. The Bertz CT molecular complexity index is 562. The van der Waals surface area contributed by atoms with Gasteiger partial charge in [0.2, 0.25) is 0 Å². The molecule has 1 atom stereocenters. The number of carbonyl (C=O) groups is 1. The van der Waals surface area contributed by atoms with Crippen LogP contribution in [-0.4, -0.2) is 22.8 Å². The molecule has 0 aromatic heterocycles. The SMILES string of the molecule is C=C(C)CC(N=C(N)SCc1ccccc1)C(=O)OC(C)(C)C. The molecule has 0 aliphatic rings. The number of nitrogens with zero attached hydrogens (tertiary/aromatic N) is 1. The Balaban J connectivity index is 2.73. The number of hydrogen-bond donors (Lipinski definition) is 1. The lowest BCUT2D eigenvalue weighted by Gasteiger charge is -2.22. The summed E-state index contributed by atoms with van der Waals surface area (Å²) in [6, 6.07) is 9.34. The summed E-state index contributed by atoms with van der Waals surface area (Å²) in [5.41, 5.74) is 7.45. The molecule has 0 fully saturated rings. The molecule has 0 radical (unpaired) electrons. The van der Waals surface area contributed by atoms with Crippen molar-refractivity contribution in [1.82, 2.24) is 0 Å². The summed E-state index contributed by atoms with van der Waals surface area (Å²) in [6.45, 7) is 11.2. The van der Waals surface area contributed by atoms with Crippen LogP contribution >= 0.6 is 11.8 Å². The first kappa shape index (κ1) is 19.3. The van der Waals surface area contributed by atoms with Gasteiger partial charge in [-0.25, -0.2) is 9.79 Å². The van der Waals surface area contributed by atoms with E-state index in [1.807, 2.05) is 58.0 Å². The zero-order valence-electron chi connectivity index (χ0n) is 14.3. The minimum Gasteiger partial charge on any atom is -0.458 e. The van der Waals surface area contributed by atoms with Gasteiger partial charge in [0, 0.05) is 12.2 Å². The number of hydrogen-bond acceptors (Lipinski definition) is 4. The Labute approximate surface area is 143 Å². The van der Waals surface area contributed by atoms with Crippen LogP contribution in [0, 0.1) is 0 Å². The Kier molecular flexibility index (Phi) is 7.36. The summed E-state index contributed by atoms with van der Waals surface area (Å²) in [6.07, 6.45) is 0.432. The van der Waals surface area contributed by atoms with Gasteiger partial charge in [0.1, 0.15) is 5.60 Å². The van der Waals surface area contributed by atoms with Crippen molar-refractivity contribution >= 4 is 22.9 Å². The quantitative estimate of drug-likeness (QED) is 0.371. The Hall–Kier alpha value is -1.75. The second-order valence-corrected chi connectivity index (χ2v) is 7.45. The fraction of sp³-hybridized carbons (Fsp3) is 0.444. The van der Waals surface area contributed by atoms with E-state index in [0.29, 0.717) is 17.3 Å². The molecule has 5 heteroatoms. The van der Waals surface area contributed by atoms with Crippen molar-refractivity contribution in [1.29, 1.82) is 0 Å². The highest BCUT2D eigenvalue weighted by molar-refractivity contribution is 8.13. The number of benzene rings is 1. The second kappa shape index (κ2) is 8.77. The van der Waals surface area contributed by atoms with Crippen molar-refractivity contribution in [3.05, 3.63) is 48.0 Å². The van der Waals surface area contributed by atoms with Crippen LogP contribution in [0.5, 0.6) is 0 Å². The largest absolute Gasteiger partial charge is 0.458 e. The van der Waals surface area contributed by atoms with Gasteiger partial charge in [-0.1, -0.05) is 47.7 Å². The van der Waals surface area contributed by atoms with Gasteiger partial charge in [-0.3, -0.25) is 0 Å². The van der Waals surface area contributed by atoms with Crippen LogP contribution in [-0.2, 0) is 15.3 Å². The van der Waals surface area contributed by atoms with Crippen LogP contribution in [0.4, 0.5) is 0 Å². The Morgan fingerprint density at radius 1 is 1.35 bits per heavy atom. The first-order valence-electron chi connectivity index (χ1n) is 7.54. The molecule has 0 bridgehead atoms. The van der Waals surface area contributed by atoms with Gasteiger partial charge in [0.05, 0.1) is 0 Å². The summed E-state index contributed by atoms with van der Waals surface area (Å²) in [4.78, 5) is 16.6. The number of carbonyl (C=O) groups excluding carboxylic acids is 1. The predicted octanol–water partition coefficient (Wildman–Crippen LogP) is 3.91. The molecule has 0 aliphatic heterocycles. The molecule has 0 spiro atoms. The number of amidine groups is 1. The maximum Gasteiger partial charge on any atom is 0.331 e. The van der Waals surface area contributed by atoms with Gasteiger partial charge in [0.25, 0.3) is 0 Å². The zero-order chi connectivity index (χ0) is 17.5. The van der Waals surface area contributed by atoms with Crippen molar-refractivity contribution in [2.45, 2.75) is 51.5 Å². The summed E-state index contributed by atoms with van der Waals surface area (Å²) in [5.74, 6) is 0.341. The minimum atomic E-state index is -0.644. The fourth-order valence-electron chi connectivity index (χ4n) is 1.80. The molecule has 0 heterocycles. The number of esters is 1. The number of aliphatic imine (C=N–C) groups is 1. The van der Waals surface area contributed by atoms with E-state index in [2.05, 4.69) is 11.6 Å². The normalized spacial score (nSPS) is 13.5. The first-order valence-corrected chi connectivity index (χ1v) is 8.53. The summed E-state index contributed by atoms with van der Waals surface area (Å²) in [5, 5.41) is 0.381. The molecule has 0 saturated carbocycles. The van der Waals surface area contributed by atoms with E-state index >= 15 is 0 Å². The molecule has 0 aliphatic carbocycles. The summed E-state index contributed by atoms with van der Waals surface area (Å²) >= 11 is 1.41. The molecule has 4 nitrogen and oxygen atoms in total. The molecule has 23 heavy (non-hydrogen) atoms. The fourth-order valence-corrected chi connectivity index (χ4v) is 2.51. The van der Waals surface area contributed by atoms with Gasteiger partial charge < -0.3 is 10.5 Å². The number of nitrogens with two attached hydrogens (primary N) is 1. The average molecular weight is 334 g/mol. The minimum absolute atomic E-state index is 0.372. The third-order valence-corrected chi connectivity index (χ3v) is 3.61. The van der Waals surface area contributed by atoms with Crippen molar-refractivity contribution < 1.29 is 9.53 Å². The molecule has 1 aromatic carbocycles. The van der Waals surface area contributed by atoms with Gasteiger partial charge in [-0.2, -0.15) is 0 Å². The van der Waals surface area contributed by atoms with E-state index in [-0.39, 0.29) is 5.97 Å². The number of rotatable bonds is 6. The van der Waals surface area contributed by atoms with E-state index in [9.17, 15) is 4.79 Å². The summed E-state index contributed by atoms with van der Waals surface area (Å²) < 4.78 is 5.41. The van der Waals surface area contributed by atoms with Crippen molar-refractivity contribution in [3.63, 3.8) is 0 Å². The van der Waals surface area contributed by atoms with Crippen LogP contribution in [0.25, 0.3) is 0 Å². The highest BCUT2D eigenvalue weighted by atomic mass is 32.2. The van der Waals surface area contributed by atoms with E-state index in [4.69, 9.17) is 10.5 Å². The van der Waals surface area contributed by atoms with E-state index in [1.165, 1.54) is 11.8 Å². The number of ether oxygens (including phenoxy) is 1. The van der Waals surface area contributed by atoms with E-state index < -0.39 is 11.6 Å². The lowest BCUT2D eigenvalue weighted by Crippen LogP contribution is -2.32. The number of thioether (sulfide) groups is 1. The second-order valence-electron chi connectivity index (χ2n) is 6.45. The lowest BCUT2D eigenvalue weighted by molar-refractivity contribution is -0.156. The maximum absolute atomic E-state index is 12.3. The van der Waals surface area contributed by atoms with Crippen molar-refractivity contribution in [2.75, 3.05) is 0 Å². The third kappa shape index (κ3) is 8.45. The zero-order valence-corrected chi connectivity index (χ0v) is 15.2. The first-order chi connectivity index (χ1) is 10.7. The molecular formula is C18H26N2O2S. The van der Waals surface area contributed by atoms with Crippen LogP contribution in [0.3, 0.4) is 0 Å². The standard InChI is InChI=1S/C18H26N2O2S/c1-13(2)11-15(16(21)22-18(3,4)5)20-17(19)23-12-14-9-7-6-8-10-14/h6-10,15H,1,11-12H2,2-5H3,(H2,19,20). The molecule has 1 aromatic rings. The van der Waals surface area contributed by atoms with Crippen molar-refractivity contribution in [3.8, 4) is 0 Å². The average Bonchev–Trinajstić information content (AvgIpc) is 2.43. The van der Waals surface area contributed by atoms with Crippen molar-refractivity contribution in [2.24, 2.45) is 10.7 Å². The van der Waals surface area contributed by atoms with Crippen LogP contribution in [0.15, 0.2) is 47.5 Å². The lowest BCUT2D eigenvalue weighted by atomic mass is 10.1.